The van der Waals surface area contributed by atoms with E-state index in [1.54, 1.807) is 6.20 Å². The standard InChI is InChI=1S/C15H28N4O/c1-2-4-13(8-9-16)6-7-15(20)19-10-3-5-14-17-11-12-18-14/h11-13H,2-10,16H2,1H3,(H,17,18)(H,19,20). The van der Waals surface area contributed by atoms with Crippen LogP contribution < -0.4 is 11.1 Å². The average Bonchev–Trinajstić information content (AvgIpc) is 2.95. The predicted octanol–water partition coefficient (Wildman–Crippen LogP) is 2.00. The minimum atomic E-state index is 0.155. The normalized spacial score (nSPS) is 12.3. The maximum Gasteiger partial charge on any atom is 0.220 e. The monoisotopic (exact) mass is 280 g/mol. The van der Waals surface area contributed by atoms with Crippen molar-refractivity contribution in [2.45, 2.75) is 51.9 Å². The van der Waals surface area contributed by atoms with E-state index in [9.17, 15) is 4.79 Å². The quantitative estimate of drug-likeness (QED) is 0.542. The third-order valence-electron chi connectivity index (χ3n) is 3.52. The molecule has 5 heteroatoms. The van der Waals surface area contributed by atoms with Crippen LogP contribution in [0.1, 0.15) is 51.3 Å². The largest absolute Gasteiger partial charge is 0.356 e. The molecule has 0 aliphatic carbocycles. The van der Waals surface area contributed by atoms with Crippen molar-refractivity contribution in [1.29, 1.82) is 0 Å². The van der Waals surface area contributed by atoms with Gasteiger partial charge in [0.15, 0.2) is 0 Å². The molecule has 0 aromatic carbocycles. The second kappa shape index (κ2) is 10.4. The Kier molecular flexibility index (Phi) is 8.71. The van der Waals surface area contributed by atoms with Gasteiger partial charge in [-0.2, -0.15) is 0 Å². The molecule has 1 unspecified atom stereocenters. The molecule has 0 bridgehead atoms. The summed E-state index contributed by atoms with van der Waals surface area (Å²) in [5.41, 5.74) is 5.60. The molecule has 1 amide bonds. The number of hydrogen-bond acceptors (Lipinski definition) is 3. The Morgan fingerprint density at radius 1 is 1.45 bits per heavy atom. The summed E-state index contributed by atoms with van der Waals surface area (Å²) in [6, 6.07) is 0. The second-order valence-corrected chi connectivity index (χ2v) is 5.26. The lowest BCUT2D eigenvalue weighted by Crippen LogP contribution is -2.25. The molecule has 0 aliphatic rings. The lowest BCUT2D eigenvalue weighted by atomic mass is 9.94. The van der Waals surface area contributed by atoms with Crippen molar-refractivity contribution in [3.8, 4) is 0 Å². The number of imidazole rings is 1. The highest BCUT2D eigenvalue weighted by atomic mass is 16.1. The van der Waals surface area contributed by atoms with E-state index in [0.29, 0.717) is 12.3 Å². The number of H-pyrrole nitrogens is 1. The zero-order valence-corrected chi connectivity index (χ0v) is 12.5. The molecule has 1 atom stereocenters. The van der Waals surface area contributed by atoms with E-state index in [-0.39, 0.29) is 5.91 Å². The highest BCUT2D eigenvalue weighted by Crippen LogP contribution is 2.16. The van der Waals surface area contributed by atoms with Crippen LogP contribution in [0.15, 0.2) is 12.4 Å². The number of carbonyl (C=O) groups is 1. The van der Waals surface area contributed by atoms with Crippen molar-refractivity contribution in [3.05, 3.63) is 18.2 Å². The first kappa shape index (κ1) is 16.7. The highest BCUT2D eigenvalue weighted by Gasteiger charge is 2.09. The third kappa shape index (κ3) is 7.28. The van der Waals surface area contributed by atoms with Crippen LogP contribution in [0.2, 0.25) is 0 Å². The van der Waals surface area contributed by atoms with Crippen LogP contribution in [0, 0.1) is 5.92 Å². The summed E-state index contributed by atoms with van der Waals surface area (Å²) < 4.78 is 0. The molecule has 114 valence electrons. The van der Waals surface area contributed by atoms with Crippen LogP contribution in [-0.2, 0) is 11.2 Å². The molecule has 5 nitrogen and oxygen atoms in total. The Morgan fingerprint density at radius 3 is 2.95 bits per heavy atom. The summed E-state index contributed by atoms with van der Waals surface area (Å²) in [5.74, 6) is 1.73. The molecule has 0 spiro atoms. The summed E-state index contributed by atoms with van der Waals surface area (Å²) in [7, 11) is 0. The Bertz CT molecular complexity index is 345. The number of aromatic amines is 1. The van der Waals surface area contributed by atoms with E-state index >= 15 is 0 Å². The molecule has 4 N–H and O–H groups in total. The molecule has 0 radical (unpaired) electrons. The van der Waals surface area contributed by atoms with Gasteiger partial charge in [0.1, 0.15) is 5.82 Å². The highest BCUT2D eigenvalue weighted by molar-refractivity contribution is 5.75. The van der Waals surface area contributed by atoms with Gasteiger partial charge in [-0.1, -0.05) is 19.8 Å². The van der Waals surface area contributed by atoms with E-state index < -0.39 is 0 Å². The SMILES string of the molecule is CCCC(CCN)CCC(=O)NCCCc1ncc[nH]1. The van der Waals surface area contributed by atoms with Crippen molar-refractivity contribution in [2.75, 3.05) is 13.1 Å². The van der Waals surface area contributed by atoms with Gasteiger partial charge >= 0.3 is 0 Å². The molecule has 0 saturated carbocycles. The van der Waals surface area contributed by atoms with Crippen molar-refractivity contribution < 1.29 is 4.79 Å². The van der Waals surface area contributed by atoms with E-state index in [0.717, 1.165) is 51.0 Å². The summed E-state index contributed by atoms with van der Waals surface area (Å²) >= 11 is 0. The van der Waals surface area contributed by atoms with E-state index in [2.05, 4.69) is 22.2 Å². The van der Waals surface area contributed by atoms with Gasteiger partial charge in [0.25, 0.3) is 0 Å². The van der Waals surface area contributed by atoms with Crippen LogP contribution in [0.4, 0.5) is 0 Å². The Labute approximate surface area is 121 Å². The third-order valence-corrected chi connectivity index (χ3v) is 3.52. The van der Waals surface area contributed by atoms with E-state index in [1.807, 2.05) is 6.20 Å². The Morgan fingerprint density at radius 2 is 2.30 bits per heavy atom. The van der Waals surface area contributed by atoms with Crippen molar-refractivity contribution in [3.63, 3.8) is 0 Å². The molecule has 20 heavy (non-hydrogen) atoms. The van der Waals surface area contributed by atoms with Crippen molar-refractivity contribution in [1.82, 2.24) is 15.3 Å². The lowest BCUT2D eigenvalue weighted by Gasteiger charge is -2.14. The van der Waals surface area contributed by atoms with E-state index in [4.69, 9.17) is 5.73 Å². The summed E-state index contributed by atoms with van der Waals surface area (Å²) in [5, 5.41) is 2.97. The number of aryl methyl sites for hydroxylation is 1. The minimum Gasteiger partial charge on any atom is -0.356 e. The van der Waals surface area contributed by atoms with Crippen molar-refractivity contribution in [2.24, 2.45) is 11.7 Å². The molecule has 1 aromatic rings. The molecular formula is C15H28N4O. The Hall–Kier alpha value is -1.36. The maximum atomic E-state index is 11.8. The number of amides is 1. The number of rotatable bonds is 11. The smallest absolute Gasteiger partial charge is 0.220 e. The number of hydrogen-bond donors (Lipinski definition) is 3. The zero-order chi connectivity index (χ0) is 14.6. The molecule has 1 aromatic heterocycles. The van der Waals surface area contributed by atoms with Crippen LogP contribution in [0.5, 0.6) is 0 Å². The van der Waals surface area contributed by atoms with Gasteiger partial charge < -0.3 is 16.0 Å². The molecule has 0 aliphatic heterocycles. The lowest BCUT2D eigenvalue weighted by molar-refractivity contribution is -0.121. The van der Waals surface area contributed by atoms with Crippen LogP contribution in [0.25, 0.3) is 0 Å². The van der Waals surface area contributed by atoms with Gasteiger partial charge in [-0.25, -0.2) is 4.98 Å². The molecule has 1 heterocycles. The molecule has 0 fully saturated rings. The fraction of sp³-hybridized carbons (Fsp3) is 0.733. The van der Waals surface area contributed by atoms with Crippen LogP contribution in [-0.4, -0.2) is 29.0 Å². The molecule has 1 rings (SSSR count). The minimum absolute atomic E-state index is 0.155. The van der Waals surface area contributed by atoms with Gasteiger partial charge in [0, 0.05) is 31.8 Å². The summed E-state index contributed by atoms with van der Waals surface area (Å²) in [4.78, 5) is 19.0. The van der Waals surface area contributed by atoms with Crippen molar-refractivity contribution >= 4 is 5.91 Å². The molecular weight excluding hydrogens is 252 g/mol. The Balaban J connectivity index is 2.07. The fourth-order valence-electron chi connectivity index (χ4n) is 2.42. The van der Waals surface area contributed by atoms with Gasteiger partial charge in [-0.05, 0) is 31.7 Å². The molecule has 0 saturated heterocycles. The van der Waals surface area contributed by atoms with Crippen LogP contribution in [0.3, 0.4) is 0 Å². The number of aromatic nitrogens is 2. The number of nitrogens with zero attached hydrogens (tertiary/aromatic N) is 1. The fourth-order valence-corrected chi connectivity index (χ4v) is 2.42. The number of nitrogens with one attached hydrogen (secondary N) is 2. The predicted molar refractivity (Wildman–Crippen MR) is 81.2 cm³/mol. The van der Waals surface area contributed by atoms with Gasteiger partial charge in [0.2, 0.25) is 5.91 Å². The van der Waals surface area contributed by atoms with Gasteiger partial charge in [-0.15, -0.1) is 0 Å². The first-order valence-electron chi connectivity index (χ1n) is 7.71. The second-order valence-electron chi connectivity index (χ2n) is 5.26. The van der Waals surface area contributed by atoms with Gasteiger partial charge in [0.05, 0.1) is 0 Å². The van der Waals surface area contributed by atoms with Crippen LogP contribution >= 0.6 is 0 Å². The topological polar surface area (TPSA) is 83.8 Å². The number of carbonyl (C=O) groups excluding carboxylic acids is 1. The summed E-state index contributed by atoms with van der Waals surface area (Å²) in [6.45, 7) is 3.61. The summed E-state index contributed by atoms with van der Waals surface area (Å²) in [6.07, 6.45) is 10.3. The average molecular weight is 280 g/mol. The number of nitrogens with two attached hydrogens (primary N) is 1. The van der Waals surface area contributed by atoms with E-state index in [1.165, 1.54) is 6.42 Å². The first-order valence-corrected chi connectivity index (χ1v) is 7.71. The first-order chi connectivity index (χ1) is 9.76. The van der Waals surface area contributed by atoms with Gasteiger partial charge in [-0.3, -0.25) is 4.79 Å². The maximum absolute atomic E-state index is 11.8. The zero-order valence-electron chi connectivity index (χ0n) is 12.5.